The van der Waals surface area contributed by atoms with Gasteiger partial charge in [-0.3, -0.25) is 4.79 Å². The van der Waals surface area contributed by atoms with Crippen molar-refractivity contribution >= 4 is 5.91 Å². The Hall–Kier alpha value is -0.570. The van der Waals surface area contributed by atoms with Gasteiger partial charge < -0.3 is 11.1 Å². The van der Waals surface area contributed by atoms with E-state index in [1.54, 1.807) is 13.8 Å². The van der Waals surface area contributed by atoms with Crippen molar-refractivity contribution < 1.29 is 4.79 Å². The van der Waals surface area contributed by atoms with Crippen molar-refractivity contribution in [3.05, 3.63) is 7.05 Å². The van der Waals surface area contributed by atoms with Crippen LogP contribution in [0.2, 0.25) is 0 Å². The molecule has 3 heteroatoms. The van der Waals surface area contributed by atoms with Crippen LogP contribution in [0, 0.1) is 7.05 Å². The van der Waals surface area contributed by atoms with Crippen LogP contribution in [0.1, 0.15) is 13.8 Å². The molecule has 0 spiro atoms. The highest BCUT2D eigenvalue weighted by atomic mass is 16.2. The molecule has 0 unspecified atom stereocenters. The number of rotatable bonds is 1. The van der Waals surface area contributed by atoms with Crippen LogP contribution in [0.3, 0.4) is 0 Å². The van der Waals surface area contributed by atoms with E-state index in [1.165, 1.54) is 0 Å². The van der Waals surface area contributed by atoms with Gasteiger partial charge in [0.25, 0.3) is 0 Å². The molecule has 0 aromatic heterocycles. The van der Waals surface area contributed by atoms with Crippen LogP contribution < -0.4 is 11.1 Å². The monoisotopic (exact) mass is 115 g/mol. The molecule has 47 valence electrons. The Bertz CT molecular complexity index is 93.1. The van der Waals surface area contributed by atoms with E-state index in [4.69, 9.17) is 5.73 Å². The first-order valence-electron chi connectivity index (χ1n) is 2.35. The minimum absolute atomic E-state index is 0.252. The first-order chi connectivity index (χ1) is 3.48. The zero-order valence-electron chi connectivity index (χ0n) is 5.19. The van der Waals surface area contributed by atoms with Crippen molar-refractivity contribution in [2.45, 2.75) is 19.4 Å². The molecule has 0 rings (SSSR count). The number of carbonyl (C=O) groups is 1. The standard InChI is InChI=1S/C5H11N2O/c1-5(2,6)4(8)7-3/h3,6H2,1-2H3,(H,7,8). The fourth-order valence-electron chi connectivity index (χ4n) is 0.228. The van der Waals surface area contributed by atoms with Gasteiger partial charge in [0.2, 0.25) is 5.91 Å². The van der Waals surface area contributed by atoms with Crippen molar-refractivity contribution in [2.24, 2.45) is 5.73 Å². The topological polar surface area (TPSA) is 55.1 Å². The summed E-state index contributed by atoms with van der Waals surface area (Å²) in [6, 6.07) is 0. The van der Waals surface area contributed by atoms with Crippen molar-refractivity contribution in [1.29, 1.82) is 0 Å². The van der Waals surface area contributed by atoms with Crippen molar-refractivity contribution in [2.75, 3.05) is 0 Å². The van der Waals surface area contributed by atoms with Crippen LogP contribution in [-0.2, 0) is 4.79 Å². The summed E-state index contributed by atoms with van der Waals surface area (Å²) in [6.07, 6.45) is 0. The smallest absolute Gasteiger partial charge is 0.239 e. The van der Waals surface area contributed by atoms with Crippen LogP contribution in [0.25, 0.3) is 0 Å². The molecule has 0 saturated heterocycles. The second-order valence-electron chi connectivity index (χ2n) is 2.23. The molecule has 0 bridgehead atoms. The summed E-state index contributed by atoms with van der Waals surface area (Å²) in [4.78, 5) is 10.5. The zero-order valence-corrected chi connectivity index (χ0v) is 5.19. The maximum absolute atomic E-state index is 10.5. The van der Waals surface area contributed by atoms with E-state index < -0.39 is 5.54 Å². The van der Waals surface area contributed by atoms with E-state index in [0.29, 0.717) is 0 Å². The molecule has 0 aliphatic carbocycles. The number of amides is 1. The fourth-order valence-corrected chi connectivity index (χ4v) is 0.228. The van der Waals surface area contributed by atoms with Crippen LogP contribution in [0.4, 0.5) is 0 Å². The third-order valence-electron chi connectivity index (χ3n) is 0.746. The van der Waals surface area contributed by atoms with Gasteiger partial charge in [0, 0.05) is 7.05 Å². The maximum atomic E-state index is 10.5. The van der Waals surface area contributed by atoms with E-state index in [2.05, 4.69) is 12.4 Å². The second-order valence-corrected chi connectivity index (χ2v) is 2.23. The summed E-state index contributed by atoms with van der Waals surface area (Å²) < 4.78 is 0. The van der Waals surface area contributed by atoms with Gasteiger partial charge in [0.1, 0.15) is 0 Å². The highest BCUT2D eigenvalue weighted by molar-refractivity contribution is 5.85. The van der Waals surface area contributed by atoms with E-state index in [1.807, 2.05) is 0 Å². The van der Waals surface area contributed by atoms with Gasteiger partial charge in [-0.25, -0.2) is 0 Å². The first kappa shape index (κ1) is 7.43. The SMILES string of the molecule is [CH2]NC(=O)C(C)(C)N. The van der Waals surface area contributed by atoms with E-state index in [9.17, 15) is 4.79 Å². The van der Waals surface area contributed by atoms with Crippen molar-refractivity contribution in [3.8, 4) is 0 Å². The molecule has 0 aromatic carbocycles. The fraction of sp³-hybridized carbons (Fsp3) is 0.600. The van der Waals surface area contributed by atoms with Crippen molar-refractivity contribution in [3.63, 3.8) is 0 Å². The predicted octanol–water partition coefficient (Wildman–Crippen LogP) is -0.369. The predicted molar refractivity (Wildman–Crippen MR) is 31.8 cm³/mol. The lowest BCUT2D eigenvalue weighted by Gasteiger charge is -2.14. The summed E-state index contributed by atoms with van der Waals surface area (Å²) >= 11 is 0. The molecular formula is C5H11N2O. The highest BCUT2D eigenvalue weighted by Crippen LogP contribution is 1.93. The molecule has 0 aliphatic heterocycles. The average Bonchev–Trinajstić information content (AvgIpc) is 1.62. The Labute approximate surface area is 49.3 Å². The van der Waals surface area contributed by atoms with Gasteiger partial charge in [-0.1, -0.05) is 0 Å². The highest BCUT2D eigenvalue weighted by Gasteiger charge is 2.19. The molecule has 3 N–H and O–H groups in total. The molecule has 0 aromatic rings. The molecule has 0 aliphatic rings. The third-order valence-corrected chi connectivity index (χ3v) is 0.746. The van der Waals surface area contributed by atoms with Gasteiger partial charge in [-0.15, -0.1) is 0 Å². The lowest BCUT2D eigenvalue weighted by Crippen LogP contribution is -2.47. The molecule has 0 fully saturated rings. The van der Waals surface area contributed by atoms with Crippen molar-refractivity contribution in [1.82, 2.24) is 5.32 Å². The van der Waals surface area contributed by atoms with Gasteiger partial charge in [-0.2, -0.15) is 0 Å². The Kier molecular flexibility index (Phi) is 1.98. The molecule has 1 radical (unpaired) electrons. The molecular weight excluding hydrogens is 104 g/mol. The maximum Gasteiger partial charge on any atom is 0.239 e. The molecule has 0 saturated carbocycles. The van der Waals surface area contributed by atoms with Gasteiger partial charge in [0.05, 0.1) is 5.54 Å². The zero-order chi connectivity index (χ0) is 6.78. The van der Waals surface area contributed by atoms with Gasteiger partial charge in [-0.05, 0) is 13.8 Å². The number of nitrogens with one attached hydrogen (secondary N) is 1. The Balaban J connectivity index is 3.82. The quantitative estimate of drug-likeness (QED) is 0.490. The van der Waals surface area contributed by atoms with Crippen LogP contribution >= 0.6 is 0 Å². The lowest BCUT2D eigenvalue weighted by molar-refractivity contribution is -0.124. The minimum atomic E-state index is -0.804. The Morgan fingerprint density at radius 2 is 2.12 bits per heavy atom. The van der Waals surface area contributed by atoms with Gasteiger partial charge in [0.15, 0.2) is 0 Å². The van der Waals surface area contributed by atoms with Crippen LogP contribution in [0.15, 0.2) is 0 Å². The summed E-state index contributed by atoms with van der Waals surface area (Å²) in [5.41, 5.74) is 4.53. The third kappa shape index (κ3) is 1.93. The largest absolute Gasteiger partial charge is 0.353 e. The molecule has 1 amide bonds. The average molecular weight is 115 g/mol. The summed E-state index contributed by atoms with van der Waals surface area (Å²) in [6.45, 7) is 3.24. The van der Waals surface area contributed by atoms with E-state index >= 15 is 0 Å². The number of carbonyl (C=O) groups excluding carboxylic acids is 1. The first-order valence-corrected chi connectivity index (χ1v) is 2.35. The Morgan fingerprint density at radius 3 is 2.12 bits per heavy atom. The molecule has 3 nitrogen and oxygen atoms in total. The lowest BCUT2D eigenvalue weighted by atomic mass is 10.1. The molecule has 8 heavy (non-hydrogen) atoms. The number of hydrogen-bond acceptors (Lipinski definition) is 2. The number of hydrogen-bond donors (Lipinski definition) is 2. The minimum Gasteiger partial charge on any atom is -0.353 e. The summed E-state index contributed by atoms with van der Waals surface area (Å²) in [7, 11) is 3.17. The normalized spacial score (nSPS) is 11.0. The molecule has 0 atom stereocenters. The van der Waals surface area contributed by atoms with E-state index in [-0.39, 0.29) is 5.91 Å². The van der Waals surface area contributed by atoms with Gasteiger partial charge >= 0.3 is 0 Å². The Morgan fingerprint density at radius 1 is 1.75 bits per heavy atom. The number of nitrogens with two attached hydrogens (primary N) is 1. The van der Waals surface area contributed by atoms with Crippen LogP contribution in [-0.4, -0.2) is 11.4 Å². The second kappa shape index (κ2) is 2.13. The van der Waals surface area contributed by atoms with E-state index in [0.717, 1.165) is 0 Å². The van der Waals surface area contributed by atoms with Crippen LogP contribution in [0.5, 0.6) is 0 Å². The molecule has 0 heterocycles. The summed E-state index contributed by atoms with van der Waals surface area (Å²) in [5.74, 6) is -0.252. The summed E-state index contributed by atoms with van der Waals surface area (Å²) in [5, 5.41) is 2.19.